The predicted molar refractivity (Wildman–Crippen MR) is 189 cm³/mol. The summed E-state index contributed by atoms with van der Waals surface area (Å²) < 4.78 is 0.226. The molecule has 2 saturated heterocycles. The fourth-order valence-electron chi connectivity index (χ4n) is 8.72. The number of aliphatic imine (C=N–C) groups is 1. The van der Waals surface area contributed by atoms with Gasteiger partial charge in [-0.05, 0) is 73.5 Å². The Labute approximate surface area is 288 Å². The molecule has 4 aliphatic rings. The molecule has 4 heterocycles. The number of quaternary nitrogens is 1. The first-order valence-corrected chi connectivity index (χ1v) is 18.2. The molecule has 1 unspecified atom stereocenters. The fraction of sp³-hybridized carbons (Fsp3) is 0.528. The molecule has 0 saturated carbocycles. The lowest BCUT2D eigenvalue weighted by Crippen LogP contribution is -2.70. The van der Waals surface area contributed by atoms with Gasteiger partial charge in [-0.1, -0.05) is 68.2 Å². The van der Waals surface area contributed by atoms with Gasteiger partial charge >= 0.3 is 5.91 Å². The van der Waals surface area contributed by atoms with Crippen molar-refractivity contribution >= 4 is 51.9 Å². The number of rotatable bonds is 7. The fourth-order valence-corrected chi connectivity index (χ4v) is 10.4. The van der Waals surface area contributed by atoms with Gasteiger partial charge < -0.3 is 15.1 Å². The number of piperidine rings is 1. The minimum Gasteiger partial charge on any atom is -0.354 e. The number of hydrogen-bond donors (Lipinski definition) is 1. The maximum Gasteiger partial charge on any atom is 0.355 e. The Hall–Kier alpha value is -2.36. The molecule has 4 aliphatic heterocycles. The van der Waals surface area contributed by atoms with Crippen molar-refractivity contribution in [3.05, 3.63) is 80.3 Å². The van der Waals surface area contributed by atoms with Gasteiger partial charge in [-0.3, -0.25) is 4.79 Å². The first-order valence-electron chi connectivity index (χ1n) is 16.6. The molecule has 5 atom stereocenters. The third kappa shape index (κ3) is 5.33. The number of benzene rings is 2. The summed E-state index contributed by atoms with van der Waals surface area (Å²) in [6.45, 7) is 10.5. The number of likely N-dealkylation sites (N-methyl/N-ethyl adjacent to an activating group) is 1. The van der Waals surface area contributed by atoms with Gasteiger partial charge in [-0.15, -0.1) is 0 Å². The molecule has 0 bridgehead atoms. The number of nitrogens with zero attached hydrogens (tertiary/aromatic N) is 4. The lowest BCUT2D eigenvalue weighted by atomic mass is 9.81. The smallest absolute Gasteiger partial charge is 0.354 e. The van der Waals surface area contributed by atoms with E-state index in [9.17, 15) is 4.79 Å². The van der Waals surface area contributed by atoms with Gasteiger partial charge in [0.25, 0.3) is 5.91 Å². The van der Waals surface area contributed by atoms with Crippen LogP contribution >= 0.6 is 35.0 Å². The van der Waals surface area contributed by atoms with Crippen LogP contribution in [0.3, 0.4) is 0 Å². The van der Waals surface area contributed by atoms with Crippen LogP contribution in [0.5, 0.6) is 0 Å². The van der Waals surface area contributed by atoms with E-state index in [4.69, 9.17) is 28.2 Å². The highest BCUT2D eigenvalue weighted by Crippen LogP contribution is 2.57. The number of amidine groups is 1. The number of amides is 2. The number of thioether (sulfide) groups is 1. The van der Waals surface area contributed by atoms with E-state index in [-0.39, 0.29) is 40.3 Å². The normalized spacial score (nSPS) is 30.2. The molecule has 10 heteroatoms. The molecule has 6 rings (SSSR count). The lowest BCUT2D eigenvalue weighted by molar-refractivity contribution is -0.904. The van der Waals surface area contributed by atoms with Crippen molar-refractivity contribution in [1.82, 2.24) is 15.1 Å². The quantitative estimate of drug-likeness (QED) is 0.309. The Kier molecular flexibility index (Phi) is 9.42. The largest absolute Gasteiger partial charge is 0.355 e. The Morgan fingerprint density at radius 2 is 1.63 bits per heavy atom. The zero-order valence-electron chi connectivity index (χ0n) is 27.7. The maximum atomic E-state index is 15.6. The molecule has 2 aromatic carbocycles. The highest BCUT2D eigenvalue weighted by molar-refractivity contribution is 8.18. The van der Waals surface area contributed by atoms with Gasteiger partial charge in [0.2, 0.25) is 0 Å². The average Bonchev–Trinajstić information content (AvgIpc) is 3.69. The van der Waals surface area contributed by atoms with E-state index in [0.29, 0.717) is 10.0 Å². The number of hydrogen-bond acceptors (Lipinski definition) is 6. The van der Waals surface area contributed by atoms with Crippen molar-refractivity contribution in [3.63, 3.8) is 0 Å². The molecule has 46 heavy (non-hydrogen) atoms. The second kappa shape index (κ2) is 12.9. The van der Waals surface area contributed by atoms with E-state index in [0.717, 1.165) is 72.1 Å². The van der Waals surface area contributed by atoms with Crippen molar-refractivity contribution in [2.75, 3.05) is 27.2 Å². The van der Waals surface area contributed by atoms with Crippen LogP contribution in [0.25, 0.3) is 0 Å². The van der Waals surface area contributed by atoms with Crippen molar-refractivity contribution in [2.24, 2.45) is 10.9 Å². The van der Waals surface area contributed by atoms with E-state index in [2.05, 4.69) is 74.1 Å². The van der Waals surface area contributed by atoms with Gasteiger partial charge in [-0.2, -0.15) is 0 Å². The standard InChI is InChI=1S/C36H45Cl2N5O2S/c1-7-27-16-17-29(33(44)39-5)43(27,28-18-20-41(6)21-19-28)34(45)31-30(22(2)3)42-32(23-8-12-25(37)13-9-23)36(4,40-35(42)46-31)24-10-14-26(38)15-11-24/h8-15,22,27-29,32H,7,16-21H2,1-6H3/p+1/t27-,29+,32-,36+,43?/m1/s1. The van der Waals surface area contributed by atoms with Crippen LogP contribution in [-0.2, 0) is 15.1 Å². The van der Waals surface area contributed by atoms with Crippen LogP contribution in [0.2, 0.25) is 10.0 Å². The van der Waals surface area contributed by atoms with Crippen LogP contribution in [0.4, 0.5) is 0 Å². The molecular weight excluding hydrogens is 637 g/mol. The molecule has 2 amide bonds. The van der Waals surface area contributed by atoms with E-state index in [1.54, 1.807) is 7.05 Å². The maximum absolute atomic E-state index is 15.6. The number of allylic oxidation sites excluding steroid dienone is 1. The second-order valence-corrected chi connectivity index (χ2v) is 15.6. The van der Waals surface area contributed by atoms with Crippen LogP contribution in [0, 0.1) is 5.92 Å². The van der Waals surface area contributed by atoms with Crippen LogP contribution in [0.15, 0.2) is 64.1 Å². The third-order valence-corrected chi connectivity index (χ3v) is 12.5. The van der Waals surface area contributed by atoms with Gasteiger partial charge in [0, 0.05) is 61.6 Å². The van der Waals surface area contributed by atoms with Crippen LogP contribution in [-0.4, -0.2) is 76.6 Å². The number of halogens is 2. The SMILES string of the molecule is CC[C@@H]1CC[C@@H](C(=O)NC)[N+]1(C(=O)C1=C(C(C)C)N2C(=N[C@@](C)(c3ccc(Cl)cc3)[C@H]2c2ccc(Cl)cc2)S1)C1CCN(C)CC1. The molecular formula is C36H46Cl2N5O2S+. The first-order chi connectivity index (χ1) is 22.0. The highest BCUT2D eigenvalue weighted by Gasteiger charge is 2.64. The van der Waals surface area contributed by atoms with Crippen molar-refractivity contribution in [3.8, 4) is 0 Å². The van der Waals surface area contributed by atoms with Crippen LogP contribution < -0.4 is 5.32 Å². The van der Waals surface area contributed by atoms with E-state index < -0.39 is 11.6 Å². The molecule has 0 spiro atoms. The molecule has 0 aromatic heterocycles. The van der Waals surface area contributed by atoms with Crippen molar-refractivity contribution < 1.29 is 14.1 Å². The van der Waals surface area contributed by atoms with E-state index in [1.165, 1.54) is 11.8 Å². The number of carbonyl (C=O) groups excluding carboxylic acids is 2. The number of likely N-dealkylation sites (tertiary alicyclic amines) is 2. The lowest BCUT2D eigenvalue weighted by Gasteiger charge is -2.49. The number of fused-ring (bicyclic) bond motifs is 1. The molecule has 2 fully saturated rings. The minimum absolute atomic E-state index is 0.0230. The Morgan fingerprint density at radius 1 is 1.02 bits per heavy atom. The Bertz CT molecular complexity index is 1550. The van der Waals surface area contributed by atoms with Gasteiger partial charge in [-0.25, -0.2) is 14.3 Å². The molecule has 0 aliphatic carbocycles. The molecule has 246 valence electrons. The number of nitrogens with one attached hydrogen (secondary N) is 1. The van der Waals surface area contributed by atoms with E-state index in [1.807, 2.05) is 24.3 Å². The summed E-state index contributed by atoms with van der Waals surface area (Å²) in [6, 6.07) is 15.5. The molecule has 2 aromatic rings. The highest BCUT2D eigenvalue weighted by atomic mass is 35.5. The monoisotopic (exact) mass is 682 g/mol. The van der Waals surface area contributed by atoms with Crippen molar-refractivity contribution in [2.45, 2.75) is 89.5 Å². The Balaban J connectivity index is 1.53. The zero-order valence-corrected chi connectivity index (χ0v) is 30.1. The first kappa shape index (κ1) is 33.5. The summed E-state index contributed by atoms with van der Waals surface area (Å²) in [5.41, 5.74) is 2.48. The summed E-state index contributed by atoms with van der Waals surface area (Å²) >= 11 is 14.2. The predicted octanol–water partition coefficient (Wildman–Crippen LogP) is 7.36. The summed E-state index contributed by atoms with van der Waals surface area (Å²) in [4.78, 5) is 40.2. The summed E-state index contributed by atoms with van der Waals surface area (Å²) in [5, 5.41) is 5.12. The van der Waals surface area contributed by atoms with Crippen molar-refractivity contribution in [1.29, 1.82) is 0 Å². The van der Waals surface area contributed by atoms with Gasteiger partial charge in [0.15, 0.2) is 11.2 Å². The number of carbonyl (C=O) groups is 2. The average molecular weight is 684 g/mol. The second-order valence-electron chi connectivity index (χ2n) is 13.8. The molecule has 0 radical (unpaired) electrons. The Morgan fingerprint density at radius 3 is 2.20 bits per heavy atom. The summed E-state index contributed by atoms with van der Waals surface area (Å²) in [6.07, 6.45) is 4.24. The van der Waals surface area contributed by atoms with E-state index >= 15 is 4.79 Å². The van der Waals surface area contributed by atoms with Crippen LogP contribution in [0.1, 0.15) is 77.0 Å². The topological polar surface area (TPSA) is 65.0 Å². The zero-order chi connectivity index (χ0) is 33.0. The summed E-state index contributed by atoms with van der Waals surface area (Å²) in [5.74, 6) is 0.117. The third-order valence-electron chi connectivity index (χ3n) is 10.9. The van der Waals surface area contributed by atoms with Gasteiger partial charge in [0.05, 0.1) is 18.1 Å². The molecule has 1 N–H and O–H groups in total. The minimum atomic E-state index is -0.639. The van der Waals surface area contributed by atoms with Gasteiger partial charge in [0.1, 0.15) is 10.4 Å². The molecule has 7 nitrogen and oxygen atoms in total. The summed E-state index contributed by atoms with van der Waals surface area (Å²) in [7, 11) is 3.85.